The summed E-state index contributed by atoms with van der Waals surface area (Å²) in [5, 5.41) is 0. The third-order valence-electron chi connectivity index (χ3n) is 5.46. The van der Waals surface area contributed by atoms with Crippen molar-refractivity contribution in [2.75, 3.05) is 81.2 Å². The van der Waals surface area contributed by atoms with Gasteiger partial charge in [0.15, 0.2) is 0 Å². The van der Waals surface area contributed by atoms with E-state index in [1.807, 2.05) is 24.4 Å². The highest BCUT2D eigenvalue weighted by Gasteiger charge is 2.21. The van der Waals surface area contributed by atoms with Gasteiger partial charge in [0, 0.05) is 64.2 Å². The molecule has 0 saturated carbocycles. The summed E-state index contributed by atoms with van der Waals surface area (Å²) in [6.07, 6.45) is 1.89. The van der Waals surface area contributed by atoms with Crippen molar-refractivity contribution in [3.63, 3.8) is 0 Å². The zero-order chi connectivity index (χ0) is 18.6. The first-order chi connectivity index (χ1) is 13.2. The lowest BCUT2D eigenvalue weighted by atomic mass is 10.2. The van der Waals surface area contributed by atoms with Crippen molar-refractivity contribution in [1.82, 2.24) is 14.9 Å². The van der Waals surface area contributed by atoms with Gasteiger partial charge in [-0.3, -0.25) is 0 Å². The summed E-state index contributed by atoms with van der Waals surface area (Å²) in [4.78, 5) is 18.8. The Bertz CT molecular complexity index is 736. The van der Waals surface area contributed by atoms with Crippen LogP contribution in [-0.4, -0.2) is 81.4 Å². The Balaban J connectivity index is 1.38. The fourth-order valence-electron chi connectivity index (χ4n) is 3.66. The first-order valence-electron chi connectivity index (χ1n) is 9.63. The van der Waals surface area contributed by atoms with Crippen LogP contribution in [0.4, 0.5) is 17.5 Å². The molecule has 2 aliphatic rings. The van der Waals surface area contributed by atoms with E-state index in [9.17, 15) is 0 Å². The molecule has 7 heteroatoms. The fourth-order valence-corrected chi connectivity index (χ4v) is 3.66. The van der Waals surface area contributed by atoms with Crippen molar-refractivity contribution in [2.24, 2.45) is 0 Å². The maximum absolute atomic E-state index is 5.25. The minimum atomic E-state index is 0.848. The van der Waals surface area contributed by atoms with Crippen LogP contribution in [0.25, 0.3) is 0 Å². The van der Waals surface area contributed by atoms with Crippen LogP contribution in [0.2, 0.25) is 0 Å². The Labute approximate surface area is 161 Å². The van der Waals surface area contributed by atoms with E-state index in [0.29, 0.717) is 0 Å². The van der Waals surface area contributed by atoms with Gasteiger partial charge in [-0.2, -0.15) is 4.98 Å². The van der Waals surface area contributed by atoms with Crippen LogP contribution < -0.4 is 19.4 Å². The quantitative estimate of drug-likeness (QED) is 0.812. The monoisotopic (exact) mass is 368 g/mol. The average molecular weight is 368 g/mol. The molecule has 7 nitrogen and oxygen atoms in total. The SMILES string of the molecule is COc1ccc(N2CCN(c3nccc(N4CCN(C)CC4)n3)CC2)cc1. The predicted octanol–water partition coefficient (Wildman–Crippen LogP) is 1.56. The predicted molar refractivity (Wildman–Crippen MR) is 109 cm³/mol. The molecular formula is C20H28N6O. The molecule has 2 fully saturated rings. The summed E-state index contributed by atoms with van der Waals surface area (Å²) in [5.74, 6) is 2.79. The molecule has 2 aliphatic heterocycles. The molecule has 0 aliphatic carbocycles. The van der Waals surface area contributed by atoms with E-state index in [1.165, 1.54) is 5.69 Å². The van der Waals surface area contributed by atoms with Crippen LogP contribution in [0.15, 0.2) is 36.5 Å². The Kier molecular flexibility index (Phi) is 5.29. The van der Waals surface area contributed by atoms with E-state index in [0.717, 1.165) is 69.9 Å². The topological polar surface area (TPSA) is 48.0 Å². The van der Waals surface area contributed by atoms with Crippen LogP contribution >= 0.6 is 0 Å². The lowest BCUT2D eigenvalue weighted by molar-refractivity contribution is 0.312. The molecular weight excluding hydrogens is 340 g/mol. The van der Waals surface area contributed by atoms with Crippen molar-refractivity contribution >= 4 is 17.5 Å². The number of likely N-dealkylation sites (N-methyl/N-ethyl adjacent to an activating group) is 1. The highest BCUT2D eigenvalue weighted by molar-refractivity contribution is 5.51. The standard InChI is InChI=1S/C20H28N6O/c1-23-9-11-25(12-10-23)19-7-8-21-20(22-19)26-15-13-24(14-16-26)17-3-5-18(27-2)6-4-17/h3-8H,9-16H2,1-2H3. The van der Waals surface area contributed by atoms with Crippen molar-refractivity contribution in [1.29, 1.82) is 0 Å². The minimum absolute atomic E-state index is 0.848. The number of methoxy groups -OCH3 is 1. The molecule has 1 aromatic carbocycles. The van der Waals surface area contributed by atoms with E-state index in [2.05, 4.69) is 43.8 Å². The number of hydrogen-bond donors (Lipinski definition) is 0. The molecule has 0 bridgehead atoms. The van der Waals surface area contributed by atoms with E-state index < -0.39 is 0 Å². The molecule has 2 saturated heterocycles. The molecule has 3 heterocycles. The van der Waals surface area contributed by atoms with Crippen LogP contribution in [0.5, 0.6) is 5.75 Å². The maximum Gasteiger partial charge on any atom is 0.227 e. The van der Waals surface area contributed by atoms with Gasteiger partial charge in [0.2, 0.25) is 5.95 Å². The van der Waals surface area contributed by atoms with Crippen molar-refractivity contribution in [3.8, 4) is 5.75 Å². The number of piperazine rings is 2. The number of aromatic nitrogens is 2. The van der Waals surface area contributed by atoms with Crippen molar-refractivity contribution in [2.45, 2.75) is 0 Å². The molecule has 0 N–H and O–H groups in total. The summed E-state index contributed by atoms with van der Waals surface area (Å²) in [5.41, 5.74) is 1.24. The van der Waals surface area contributed by atoms with Gasteiger partial charge >= 0.3 is 0 Å². The Morgan fingerprint density at radius 2 is 1.41 bits per heavy atom. The van der Waals surface area contributed by atoms with Gasteiger partial charge in [-0.1, -0.05) is 0 Å². The van der Waals surface area contributed by atoms with E-state index >= 15 is 0 Å². The molecule has 144 valence electrons. The van der Waals surface area contributed by atoms with Gasteiger partial charge in [0.1, 0.15) is 11.6 Å². The summed E-state index contributed by atoms with van der Waals surface area (Å²) < 4.78 is 5.25. The first-order valence-corrected chi connectivity index (χ1v) is 9.63. The van der Waals surface area contributed by atoms with Crippen LogP contribution in [0.3, 0.4) is 0 Å². The molecule has 27 heavy (non-hydrogen) atoms. The highest BCUT2D eigenvalue weighted by atomic mass is 16.5. The molecule has 2 aromatic rings. The van der Waals surface area contributed by atoms with Crippen LogP contribution in [-0.2, 0) is 0 Å². The normalized spacial score (nSPS) is 18.7. The summed E-state index contributed by atoms with van der Waals surface area (Å²) >= 11 is 0. The van der Waals surface area contributed by atoms with Crippen LogP contribution in [0, 0.1) is 0 Å². The van der Waals surface area contributed by atoms with Gasteiger partial charge < -0.3 is 24.3 Å². The largest absolute Gasteiger partial charge is 0.497 e. The van der Waals surface area contributed by atoms with Gasteiger partial charge in [-0.25, -0.2) is 4.98 Å². The van der Waals surface area contributed by atoms with Gasteiger partial charge in [-0.05, 0) is 37.4 Å². The Morgan fingerprint density at radius 1 is 0.778 bits per heavy atom. The smallest absolute Gasteiger partial charge is 0.227 e. The third-order valence-corrected chi connectivity index (χ3v) is 5.46. The van der Waals surface area contributed by atoms with Crippen LogP contribution in [0.1, 0.15) is 0 Å². The van der Waals surface area contributed by atoms with Crippen molar-refractivity contribution in [3.05, 3.63) is 36.5 Å². The number of anilines is 3. The van der Waals surface area contributed by atoms with E-state index in [4.69, 9.17) is 9.72 Å². The second-order valence-electron chi connectivity index (χ2n) is 7.18. The Hall–Kier alpha value is -2.54. The van der Waals surface area contributed by atoms with Gasteiger partial charge in [0.25, 0.3) is 0 Å². The lowest BCUT2D eigenvalue weighted by Crippen LogP contribution is -2.47. The van der Waals surface area contributed by atoms with Crippen molar-refractivity contribution < 1.29 is 4.74 Å². The number of nitrogens with zero attached hydrogens (tertiary/aromatic N) is 6. The molecule has 0 atom stereocenters. The summed E-state index contributed by atoms with van der Waals surface area (Å²) in [7, 11) is 3.87. The van der Waals surface area contributed by atoms with Gasteiger partial charge in [0.05, 0.1) is 7.11 Å². The van der Waals surface area contributed by atoms with Gasteiger partial charge in [-0.15, -0.1) is 0 Å². The maximum atomic E-state index is 5.25. The molecule has 0 spiro atoms. The second kappa shape index (κ2) is 8.00. The number of ether oxygens (including phenoxy) is 1. The third kappa shape index (κ3) is 4.08. The molecule has 4 rings (SSSR count). The summed E-state index contributed by atoms with van der Waals surface area (Å²) in [6.45, 7) is 8.01. The highest BCUT2D eigenvalue weighted by Crippen LogP contribution is 2.22. The lowest BCUT2D eigenvalue weighted by Gasteiger charge is -2.37. The zero-order valence-corrected chi connectivity index (χ0v) is 16.2. The fraction of sp³-hybridized carbons (Fsp3) is 0.500. The molecule has 0 amide bonds. The Morgan fingerprint density at radius 3 is 2.07 bits per heavy atom. The second-order valence-corrected chi connectivity index (χ2v) is 7.18. The molecule has 0 radical (unpaired) electrons. The number of rotatable bonds is 4. The molecule has 1 aromatic heterocycles. The number of benzene rings is 1. The first kappa shape index (κ1) is 17.9. The zero-order valence-electron chi connectivity index (χ0n) is 16.2. The molecule has 0 unspecified atom stereocenters. The average Bonchev–Trinajstić information content (AvgIpc) is 2.75. The minimum Gasteiger partial charge on any atom is -0.497 e. The summed E-state index contributed by atoms with van der Waals surface area (Å²) in [6, 6.07) is 10.3. The van der Waals surface area contributed by atoms with E-state index in [-0.39, 0.29) is 0 Å². The number of hydrogen-bond acceptors (Lipinski definition) is 7. The van der Waals surface area contributed by atoms with E-state index in [1.54, 1.807) is 7.11 Å².